The van der Waals surface area contributed by atoms with Crippen LogP contribution in [0.25, 0.3) is 38.8 Å². The van der Waals surface area contributed by atoms with Gasteiger partial charge in [-0.1, -0.05) is 80.8 Å². The van der Waals surface area contributed by atoms with Crippen LogP contribution in [-0.2, 0) is 4.79 Å². The molecule has 4 aromatic rings. The Bertz CT molecular complexity index is 1300. The van der Waals surface area contributed by atoms with Crippen molar-refractivity contribution in [2.45, 2.75) is 39.5 Å². The molecule has 0 bridgehead atoms. The van der Waals surface area contributed by atoms with Gasteiger partial charge in [-0.3, -0.25) is 4.79 Å². The van der Waals surface area contributed by atoms with Gasteiger partial charge in [0.05, 0.1) is 13.4 Å². The largest absolute Gasteiger partial charge is 0.496 e. The van der Waals surface area contributed by atoms with E-state index in [0.717, 1.165) is 46.1 Å². The van der Waals surface area contributed by atoms with Crippen molar-refractivity contribution in [1.82, 2.24) is 5.32 Å². The number of rotatable bonds is 10. The first kappa shape index (κ1) is 24.3. The maximum Gasteiger partial charge on any atom is 0.244 e. The molecular weight excluding hydrogens is 434 g/mol. The van der Waals surface area contributed by atoms with Crippen LogP contribution in [0.4, 0.5) is 0 Å². The van der Waals surface area contributed by atoms with Gasteiger partial charge in [0, 0.05) is 35.2 Å². The summed E-state index contributed by atoms with van der Waals surface area (Å²) in [6.45, 7) is 4.82. The molecule has 0 aliphatic carbocycles. The van der Waals surface area contributed by atoms with E-state index in [1.54, 1.807) is 19.4 Å². The molecule has 0 saturated heterocycles. The first-order valence-corrected chi connectivity index (χ1v) is 12.3. The normalized spacial score (nSPS) is 11.6. The average Bonchev–Trinajstić information content (AvgIpc) is 3.31. The molecule has 0 spiro atoms. The predicted octanol–water partition coefficient (Wildman–Crippen LogP) is 7.88. The molecule has 0 saturated carbocycles. The lowest BCUT2D eigenvalue weighted by Gasteiger charge is -2.10. The second-order valence-electron chi connectivity index (χ2n) is 8.82. The summed E-state index contributed by atoms with van der Waals surface area (Å²) in [4.78, 5) is 12.5. The number of carbonyl (C=O) groups is 1. The van der Waals surface area contributed by atoms with E-state index in [1.807, 2.05) is 31.2 Å². The third-order valence-electron chi connectivity index (χ3n) is 6.30. The van der Waals surface area contributed by atoms with E-state index in [1.165, 1.54) is 24.0 Å². The van der Waals surface area contributed by atoms with Gasteiger partial charge < -0.3 is 14.5 Å². The van der Waals surface area contributed by atoms with Gasteiger partial charge in [0.1, 0.15) is 11.3 Å². The predicted molar refractivity (Wildman–Crippen MR) is 144 cm³/mol. The number of hydrogen-bond acceptors (Lipinski definition) is 3. The zero-order valence-corrected chi connectivity index (χ0v) is 20.8. The number of amides is 1. The molecular formula is C31H33NO3. The lowest BCUT2D eigenvalue weighted by atomic mass is 9.97. The van der Waals surface area contributed by atoms with E-state index < -0.39 is 0 Å². The Morgan fingerprint density at radius 2 is 1.66 bits per heavy atom. The van der Waals surface area contributed by atoms with Crippen molar-refractivity contribution in [3.05, 3.63) is 84.6 Å². The van der Waals surface area contributed by atoms with E-state index >= 15 is 0 Å². The Labute approximate surface area is 207 Å². The van der Waals surface area contributed by atoms with Crippen LogP contribution in [0.5, 0.6) is 5.75 Å². The van der Waals surface area contributed by atoms with Crippen LogP contribution in [0.1, 0.15) is 45.1 Å². The monoisotopic (exact) mass is 467 g/mol. The fourth-order valence-corrected chi connectivity index (χ4v) is 4.32. The van der Waals surface area contributed by atoms with Gasteiger partial charge in [-0.2, -0.15) is 0 Å². The van der Waals surface area contributed by atoms with Crippen molar-refractivity contribution >= 4 is 22.4 Å². The Morgan fingerprint density at radius 3 is 2.37 bits per heavy atom. The fraction of sp³-hybridized carbons (Fsp3) is 0.258. The van der Waals surface area contributed by atoms with E-state index in [-0.39, 0.29) is 5.91 Å². The Hall–Kier alpha value is -3.79. The molecule has 1 amide bonds. The van der Waals surface area contributed by atoms with Gasteiger partial charge in [-0.25, -0.2) is 0 Å². The van der Waals surface area contributed by atoms with Crippen molar-refractivity contribution in [2.75, 3.05) is 13.7 Å². The highest BCUT2D eigenvalue weighted by atomic mass is 16.5. The first-order valence-electron chi connectivity index (χ1n) is 12.3. The third kappa shape index (κ3) is 5.83. The minimum Gasteiger partial charge on any atom is -0.496 e. The summed E-state index contributed by atoms with van der Waals surface area (Å²) in [6, 6.07) is 22.8. The topological polar surface area (TPSA) is 51.5 Å². The lowest BCUT2D eigenvalue weighted by Crippen LogP contribution is -2.22. The number of benzene rings is 3. The number of ether oxygens (including phenoxy) is 1. The van der Waals surface area contributed by atoms with Crippen LogP contribution in [0, 0.1) is 0 Å². The summed E-state index contributed by atoms with van der Waals surface area (Å²) < 4.78 is 11.5. The third-order valence-corrected chi connectivity index (χ3v) is 6.30. The maximum absolute atomic E-state index is 12.5. The molecule has 1 heterocycles. The number of furan rings is 1. The van der Waals surface area contributed by atoms with Crippen LogP contribution in [-0.4, -0.2) is 19.6 Å². The van der Waals surface area contributed by atoms with Gasteiger partial charge in [0.15, 0.2) is 0 Å². The summed E-state index contributed by atoms with van der Waals surface area (Å²) in [7, 11) is 1.64. The summed E-state index contributed by atoms with van der Waals surface area (Å²) in [6.07, 6.45) is 7.96. The van der Waals surface area contributed by atoms with Crippen LogP contribution >= 0.6 is 0 Å². The summed E-state index contributed by atoms with van der Waals surface area (Å²) >= 11 is 0. The first-order chi connectivity index (χ1) is 17.1. The summed E-state index contributed by atoms with van der Waals surface area (Å²) in [5.74, 6) is 0.604. The molecule has 1 aromatic heterocycles. The van der Waals surface area contributed by atoms with Gasteiger partial charge in [0.2, 0.25) is 5.91 Å². The highest BCUT2D eigenvalue weighted by Crippen LogP contribution is 2.37. The maximum atomic E-state index is 12.5. The zero-order chi connectivity index (χ0) is 24.6. The van der Waals surface area contributed by atoms with Crippen molar-refractivity contribution in [3.8, 4) is 28.0 Å². The second-order valence-corrected chi connectivity index (χ2v) is 8.82. The van der Waals surface area contributed by atoms with Crippen LogP contribution in [0.3, 0.4) is 0 Å². The van der Waals surface area contributed by atoms with Gasteiger partial charge in [-0.05, 0) is 41.7 Å². The molecule has 180 valence electrons. The molecule has 4 nitrogen and oxygen atoms in total. The smallest absolute Gasteiger partial charge is 0.244 e. The van der Waals surface area contributed by atoms with Gasteiger partial charge in [0.25, 0.3) is 0 Å². The minimum atomic E-state index is -0.0786. The molecule has 0 unspecified atom stereocenters. The van der Waals surface area contributed by atoms with E-state index in [0.29, 0.717) is 12.3 Å². The van der Waals surface area contributed by atoms with Crippen LogP contribution in [0.15, 0.2) is 83.5 Å². The molecule has 4 rings (SSSR count). The number of allylic oxidation sites excluding steroid dienone is 1. The van der Waals surface area contributed by atoms with Crippen LogP contribution < -0.4 is 10.1 Å². The minimum absolute atomic E-state index is 0.0786. The van der Waals surface area contributed by atoms with E-state index in [9.17, 15) is 4.79 Å². The fourth-order valence-electron chi connectivity index (χ4n) is 4.32. The summed E-state index contributed by atoms with van der Waals surface area (Å²) in [5.41, 5.74) is 6.92. The molecule has 0 radical (unpaired) electrons. The Balaban J connectivity index is 1.60. The van der Waals surface area contributed by atoms with Crippen molar-refractivity contribution in [2.24, 2.45) is 0 Å². The van der Waals surface area contributed by atoms with Gasteiger partial charge in [-0.15, -0.1) is 0 Å². The average molecular weight is 468 g/mol. The van der Waals surface area contributed by atoms with E-state index in [2.05, 4.69) is 54.7 Å². The Kier molecular flexibility index (Phi) is 8.04. The molecule has 0 aliphatic heterocycles. The number of methoxy groups -OCH3 is 1. The zero-order valence-electron chi connectivity index (χ0n) is 20.8. The van der Waals surface area contributed by atoms with Gasteiger partial charge >= 0.3 is 0 Å². The highest BCUT2D eigenvalue weighted by molar-refractivity contribution is 6.00. The molecule has 1 N–H and O–H groups in total. The number of nitrogens with one attached hydrogen (secondary N) is 1. The lowest BCUT2D eigenvalue weighted by molar-refractivity contribution is -0.116. The molecule has 4 heteroatoms. The SMILES string of the molecule is CCCCCCNC(=O)/C=C(\C)c1cc2c(-c3ccc(-c4ccccc4)cc3)coc2cc1OC. The van der Waals surface area contributed by atoms with Crippen LogP contribution in [0.2, 0.25) is 0 Å². The molecule has 0 atom stereocenters. The number of fused-ring (bicyclic) bond motifs is 1. The van der Waals surface area contributed by atoms with E-state index in [4.69, 9.17) is 9.15 Å². The molecule has 0 aliphatic rings. The number of unbranched alkanes of at least 4 members (excludes halogenated alkanes) is 3. The summed E-state index contributed by atoms with van der Waals surface area (Å²) in [5, 5.41) is 3.98. The second kappa shape index (κ2) is 11.6. The number of carbonyl (C=O) groups excluding carboxylic acids is 1. The van der Waals surface area contributed by atoms with Crippen molar-refractivity contribution in [3.63, 3.8) is 0 Å². The number of hydrogen-bond donors (Lipinski definition) is 1. The molecule has 35 heavy (non-hydrogen) atoms. The quantitative estimate of drug-likeness (QED) is 0.191. The standard InChI is InChI=1S/C31H33NO3/c1-4-5-6-10-17-32-31(33)18-22(2)26-19-27-28(21-35-30(27)20-29(26)34-3)25-15-13-24(14-16-25)23-11-8-7-9-12-23/h7-9,11-16,18-21H,4-6,10,17H2,1-3H3,(H,32,33)/b22-18+. The highest BCUT2D eigenvalue weighted by Gasteiger charge is 2.15. The molecule has 0 fully saturated rings. The van der Waals surface area contributed by atoms with Crippen molar-refractivity contribution < 1.29 is 13.9 Å². The Morgan fingerprint density at radius 1 is 0.943 bits per heavy atom. The molecule has 3 aromatic carbocycles. The van der Waals surface area contributed by atoms with Crippen molar-refractivity contribution in [1.29, 1.82) is 0 Å².